The number of nitrogens with zero attached hydrogens (tertiary/aromatic N) is 1. The van der Waals surface area contributed by atoms with E-state index in [1.54, 1.807) is 31.3 Å². The number of nitrogens with one attached hydrogen (secondary N) is 1. The van der Waals surface area contributed by atoms with Gasteiger partial charge in [-0.3, -0.25) is 9.59 Å². The molecule has 0 aliphatic carbocycles. The van der Waals surface area contributed by atoms with E-state index >= 15 is 0 Å². The number of carbonyl (C=O) groups is 2. The molecule has 0 spiro atoms. The van der Waals surface area contributed by atoms with Gasteiger partial charge in [0.15, 0.2) is 11.5 Å². The minimum atomic E-state index is -0.643. The monoisotopic (exact) mass is 460 g/mol. The fourth-order valence-corrected chi connectivity index (χ4v) is 3.89. The van der Waals surface area contributed by atoms with Gasteiger partial charge in [-0.1, -0.05) is 66.7 Å². The standard InChI is InChI=1S/C28H32N2O4/c1-4-29-28(32)24(17-21-11-7-5-8-12-21)30(20-22-13-9-6-10-14-22)27(31)19-23-15-16-25(33-2)26(18-23)34-3/h5-16,18,24H,4,17,19-20H2,1-3H3,(H,29,32)/t24-/m1/s1. The molecule has 3 rings (SSSR count). The van der Waals surface area contributed by atoms with Crippen LogP contribution in [-0.2, 0) is 29.0 Å². The molecule has 0 aliphatic heterocycles. The normalized spacial score (nSPS) is 11.4. The Morgan fingerprint density at radius 2 is 1.44 bits per heavy atom. The van der Waals surface area contributed by atoms with E-state index in [1.807, 2.05) is 73.7 Å². The average Bonchev–Trinajstić information content (AvgIpc) is 2.87. The van der Waals surface area contributed by atoms with Gasteiger partial charge in [0.05, 0.1) is 20.6 Å². The van der Waals surface area contributed by atoms with Crippen molar-refractivity contribution in [2.24, 2.45) is 0 Å². The number of carbonyl (C=O) groups excluding carboxylic acids is 2. The van der Waals surface area contributed by atoms with Crippen LogP contribution in [0.15, 0.2) is 78.9 Å². The molecule has 1 atom stereocenters. The van der Waals surface area contributed by atoms with Crippen molar-refractivity contribution in [1.82, 2.24) is 10.2 Å². The molecular formula is C28H32N2O4. The Hall–Kier alpha value is -3.80. The second-order valence-corrected chi connectivity index (χ2v) is 7.97. The maximum Gasteiger partial charge on any atom is 0.243 e. The summed E-state index contributed by atoms with van der Waals surface area (Å²) in [5.74, 6) is 0.863. The molecule has 2 amide bonds. The molecule has 0 aromatic heterocycles. The highest BCUT2D eigenvalue weighted by atomic mass is 16.5. The molecule has 0 heterocycles. The summed E-state index contributed by atoms with van der Waals surface area (Å²) in [6.45, 7) is 2.71. The van der Waals surface area contributed by atoms with Crippen LogP contribution in [0, 0.1) is 0 Å². The molecule has 6 nitrogen and oxygen atoms in total. The Balaban J connectivity index is 1.94. The molecule has 0 bridgehead atoms. The average molecular weight is 461 g/mol. The van der Waals surface area contributed by atoms with Crippen LogP contribution >= 0.6 is 0 Å². The van der Waals surface area contributed by atoms with Crippen LogP contribution in [0.4, 0.5) is 0 Å². The Morgan fingerprint density at radius 1 is 0.824 bits per heavy atom. The molecule has 0 saturated carbocycles. The summed E-state index contributed by atoms with van der Waals surface area (Å²) in [4.78, 5) is 28.5. The van der Waals surface area contributed by atoms with Crippen LogP contribution in [0.3, 0.4) is 0 Å². The number of benzene rings is 3. The highest BCUT2D eigenvalue weighted by molar-refractivity contribution is 5.88. The highest BCUT2D eigenvalue weighted by Crippen LogP contribution is 2.28. The maximum atomic E-state index is 13.7. The molecule has 0 unspecified atom stereocenters. The number of rotatable bonds is 11. The molecule has 0 saturated heterocycles. The summed E-state index contributed by atoms with van der Waals surface area (Å²) in [7, 11) is 3.14. The smallest absolute Gasteiger partial charge is 0.243 e. The van der Waals surface area contributed by atoms with Gasteiger partial charge in [-0.15, -0.1) is 0 Å². The molecule has 1 N–H and O–H groups in total. The van der Waals surface area contributed by atoms with Gasteiger partial charge in [-0.25, -0.2) is 0 Å². The first kappa shape index (κ1) is 24.8. The molecular weight excluding hydrogens is 428 g/mol. The summed E-state index contributed by atoms with van der Waals surface area (Å²) >= 11 is 0. The van der Waals surface area contributed by atoms with E-state index in [-0.39, 0.29) is 18.2 Å². The zero-order chi connectivity index (χ0) is 24.3. The number of hydrogen-bond acceptors (Lipinski definition) is 4. The minimum Gasteiger partial charge on any atom is -0.493 e. The van der Waals surface area contributed by atoms with Crippen molar-refractivity contribution >= 4 is 11.8 Å². The van der Waals surface area contributed by atoms with E-state index < -0.39 is 6.04 Å². The lowest BCUT2D eigenvalue weighted by Crippen LogP contribution is -2.50. The van der Waals surface area contributed by atoms with Crippen molar-refractivity contribution in [1.29, 1.82) is 0 Å². The highest BCUT2D eigenvalue weighted by Gasteiger charge is 2.30. The topological polar surface area (TPSA) is 67.9 Å². The Labute approximate surface area is 201 Å². The predicted octanol–water partition coefficient (Wildman–Crippen LogP) is 4.02. The second-order valence-electron chi connectivity index (χ2n) is 7.97. The van der Waals surface area contributed by atoms with E-state index in [0.29, 0.717) is 31.0 Å². The third-order valence-electron chi connectivity index (χ3n) is 5.62. The molecule has 0 aliphatic rings. The summed E-state index contributed by atoms with van der Waals surface area (Å²) in [6.07, 6.45) is 0.565. The second kappa shape index (κ2) is 12.4. The third-order valence-corrected chi connectivity index (χ3v) is 5.62. The summed E-state index contributed by atoms with van der Waals surface area (Å²) in [5, 5.41) is 2.91. The molecule has 34 heavy (non-hydrogen) atoms. The lowest BCUT2D eigenvalue weighted by atomic mass is 10.0. The fraction of sp³-hybridized carbons (Fsp3) is 0.286. The van der Waals surface area contributed by atoms with Crippen molar-refractivity contribution < 1.29 is 19.1 Å². The van der Waals surface area contributed by atoms with Crippen LogP contribution in [0.25, 0.3) is 0 Å². The van der Waals surface area contributed by atoms with Crippen LogP contribution < -0.4 is 14.8 Å². The number of likely N-dealkylation sites (N-methyl/N-ethyl adjacent to an activating group) is 1. The van der Waals surface area contributed by atoms with E-state index in [9.17, 15) is 9.59 Å². The van der Waals surface area contributed by atoms with E-state index in [4.69, 9.17) is 9.47 Å². The van der Waals surface area contributed by atoms with E-state index in [2.05, 4.69) is 5.32 Å². The molecule has 6 heteroatoms. The van der Waals surface area contributed by atoms with Crippen LogP contribution in [0.1, 0.15) is 23.6 Å². The predicted molar refractivity (Wildman–Crippen MR) is 133 cm³/mol. The van der Waals surface area contributed by atoms with Gasteiger partial charge in [0.2, 0.25) is 11.8 Å². The Kier molecular flexibility index (Phi) is 9.09. The maximum absolute atomic E-state index is 13.7. The molecule has 0 fully saturated rings. The molecule has 3 aromatic rings. The summed E-state index contributed by atoms with van der Waals surface area (Å²) in [6, 6.07) is 24.3. The zero-order valence-corrected chi connectivity index (χ0v) is 20.0. The van der Waals surface area contributed by atoms with Crippen molar-refractivity contribution in [3.63, 3.8) is 0 Å². The summed E-state index contributed by atoms with van der Waals surface area (Å²) < 4.78 is 10.7. The van der Waals surface area contributed by atoms with Crippen molar-refractivity contribution in [2.45, 2.75) is 32.4 Å². The first-order valence-corrected chi connectivity index (χ1v) is 11.4. The quantitative estimate of drug-likeness (QED) is 0.469. The molecule has 0 radical (unpaired) electrons. The van der Waals surface area contributed by atoms with Crippen molar-refractivity contribution in [3.05, 3.63) is 95.6 Å². The Bertz CT molecular complexity index is 1070. The van der Waals surface area contributed by atoms with Gasteiger partial charge in [0, 0.05) is 19.5 Å². The molecule has 3 aromatic carbocycles. The first-order valence-electron chi connectivity index (χ1n) is 11.4. The third kappa shape index (κ3) is 6.61. The number of amides is 2. The van der Waals surface area contributed by atoms with Gasteiger partial charge >= 0.3 is 0 Å². The van der Waals surface area contributed by atoms with E-state index in [0.717, 1.165) is 16.7 Å². The Morgan fingerprint density at radius 3 is 2.03 bits per heavy atom. The van der Waals surface area contributed by atoms with Gasteiger partial charge < -0.3 is 19.7 Å². The van der Waals surface area contributed by atoms with Crippen LogP contribution in [0.5, 0.6) is 11.5 Å². The van der Waals surface area contributed by atoms with Gasteiger partial charge in [-0.05, 0) is 35.7 Å². The number of methoxy groups -OCH3 is 2. The lowest BCUT2D eigenvalue weighted by molar-refractivity contribution is -0.140. The van der Waals surface area contributed by atoms with Crippen molar-refractivity contribution in [3.8, 4) is 11.5 Å². The van der Waals surface area contributed by atoms with Gasteiger partial charge in [-0.2, -0.15) is 0 Å². The van der Waals surface area contributed by atoms with Gasteiger partial charge in [0.25, 0.3) is 0 Å². The number of ether oxygens (including phenoxy) is 2. The molecule has 178 valence electrons. The van der Waals surface area contributed by atoms with Crippen LogP contribution in [0.2, 0.25) is 0 Å². The fourth-order valence-electron chi connectivity index (χ4n) is 3.89. The largest absolute Gasteiger partial charge is 0.493 e. The van der Waals surface area contributed by atoms with E-state index in [1.165, 1.54) is 0 Å². The SMILES string of the molecule is CCNC(=O)[C@@H](Cc1ccccc1)N(Cc1ccccc1)C(=O)Cc1ccc(OC)c(OC)c1. The van der Waals surface area contributed by atoms with Crippen LogP contribution in [-0.4, -0.2) is 43.5 Å². The first-order chi connectivity index (χ1) is 16.5. The lowest BCUT2D eigenvalue weighted by Gasteiger charge is -2.31. The summed E-state index contributed by atoms with van der Waals surface area (Å²) in [5.41, 5.74) is 2.75. The zero-order valence-electron chi connectivity index (χ0n) is 20.0. The van der Waals surface area contributed by atoms with Crippen molar-refractivity contribution in [2.75, 3.05) is 20.8 Å². The minimum absolute atomic E-state index is 0.136. The number of hydrogen-bond donors (Lipinski definition) is 1. The van der Waals surface area contributed by atoms with Gasteiger partial charge in [0.1, 0.15) is 6.04 Å².